The summed E-state index contributed by atoms with van der Waals surface area (Å²) in [4.78, 5) is 10.4. The van der Waals surface area contributed by atoms with E-state index in [2.05, 4.69) is 13.8 Å². The van der Waals surface area contributed by atoms with Crippen molar-refractivity contribution >= 4 is 5.97 Å². The first-order valence-corrected chi connectivity index (χ1v) is 6.92. The van der Waals surface area contributed by atoms with Gasteiger partial charge in [-0.15, -0.1) is 0 Å². The zero-order chi connectivity index (χ0) is 12.2. The monoisotopic (exact) mass is 228 g/mol. The van der Waals surface area contributed by atoms with Crippen LogP contribution in [0.25, 0.3) is 0 Å². The summed E-state index contributed by atoms with van der Waals surface area (Å²) in [5.41, 5.74) is 0. The summed E-state index contributed by atoms with van der Waals surface area (Å²) in [6.07, 6.45) is 11.4. The Morgan fingerprint density at radius 3 is 2.12 bits per heavy atom. The summed E-state index contributed by atoms with van der Waals surface area (Å²) in [6.45, 7) is 4.49. The largest absolute Gasteiger partial charge is 0.481 e. The van der Waals surface area contributed by atoms with Gasteiger partial charge in [-0.1, -0.05) is 65.2 Å². The minimum absolute atomic E-state index is 0.340. The highest BCUT2D eigenvalue weighted by molar-refractivity contribution is 5.66. The summed E-state index contributed by atoms with van der Waals surface area (Å²) >= 11 is 0. The van der Waals surface area contributed by atoms with Crippen LogP contribution in [0.1, 0.15) is 78.1 Å². The van der Waals surface area contributed by atoms with Crippen molar-refractivity contribution in [1.29, 1.82) is 0 Å². The fourth-order valence-electron chi connectivity index (χ4n) is 2.12. The van der Waals surface area contributed by atoms with Gasteiger partial charge in [0.2, 0.25) is 0 Å². The standard InChI is InChI=1S/C14H28O2/c1-3-5-6-7-10-13(4-2)11-8-9-12-14(15)16/h13H,3-12H2,1-2H3,(H,15,16). The second kappa shape index (κ2) is 11.0. The van der Waals surface area contributed by atoms with E-state index in [0.29, 0.717) is 6.42 Å². The molecule has 0 bridgehead atoms. The molecule has 2 nitrogen and oxygen atoms in total. The van der Waals surface area contributed by atoms with Gasteiger partial charge in [0.05, 0.1) is 0 Å². The van der Waals surface area contributed by atoms with Crippen molar-refractivity contribution < 1.29 is 9.90 Å². The minimum atomic E-state index is -0.656. The Hall–Kier alpha value is -0.530. The molecule has 1 N–H and O–H groups in total. The van der Waals surface area contributed by atoms with Crippen LogP contribution in [-0.4, -0.2) is 11.1 Å². The van der Waals surface area contributed by atoms with E-state index in [1.807, 2.05) is 0 Å². The SMILES string of the molecule is CCCCCCC(CC)CCCCC(=O)O. The van der Waals surface area contributed by atoms with Crippen molar-refractivity contribution in [1.82, 2.24) is 0 Å². The zero-order valence-corrected chi connectivity index (χ0v) is 11.0. The van der Waals surface area contributed by atoms with Crippen molar-refractivity contribution in [3.63, 3.8) is 0 Å². The van der Waals surface area contributed by atoms with E-state index in [1.165, 1.54) is 44.9 Å². The quantitative estimate of drug-likeness (QED) is 0.523. The van der Waals surface area contributed by atoms with Crippen molar-refractivity contribution in [2.24, 2.45) is 5.92 Å². The summed E-state index contributed by atoms with van der Waals surface area (Å²) in [5, 5.41) is 8.54. The highest BCUT2D eigenvalue weighted by Gasteiger charge is 2.06. The van der Waals surface area contributed by atoms with Crippen LogP contribution in [0.3, 0.4) is 0 Å². The average Bonchev–Trinajstić information content (AvgIpc) is 2.26. The Bertz CT molecular complexity index is 166. The van der Waals surface area contributed by atoms with E-state index < -0.39 is 5.97 Å². The normalized spacial score (nSPS) is 12.6. The van der Waals surface area contributed by atoms with Gasteiger partial charge in [-0.2, -0.15) is 0 Å². The third kappa shape index (κ3) is 10.0. The number of unbranched alkanes of at least 4 members (excludes halogenated alkanes) is 4. The predicted molar refractivity (Wildman–Crippen MR) is 68.6 cm³/mol. The Kier molecular flexibility index (Phi) is 10.6. The molecule has 0 aliphatic rings. The van der Waals surface area contributed by atoms with E-state index in [4.69, 9.17) is 5.11 Å². The van der Waals surface area contributed by atoms with Crippen LogP contribution < -0.4 is 0 Å². The van der Waals surface area contributed by atoms with Crippen LogP contribution in [0.2, 0.25) is 0 Å². The summed E-state index contributed by atoms with van der Waals surface area (Å²) in [5.74, 6) is 0.168. The maximum atomic E-state index is 10.4. The van der Waals surface area contributed by atoms with Gasteiger partial charge in [0, 0.05) is 6.42 Å². The van der Waals surface area contributed by atoms with Gasteiger partial charge < -0.3 is 5.11 Å². The van der Waals surface area contributed by atoms with Crippen molar-refractivity contribution in [3.8, 4) is 0 Å². The van der Waals surface area contributed by atoms with Gasteiger partial charge in [-0.05, 0) is 12.3 Å². The molecule has 0 saturated carbocycles. The number of carbonyl (C=O) groups is 1. The summed E-state index contributed by atoms with van der Waals surface area (Å²) < 4.78 is 0. The molecule has 0 saturated heterocycles. The van der Waals surface area contributed by atoms with Crippen LogP contribution in [0.4, 0.5) is 0 Å². The second-order valence-electron chi connectivity index (χ2n) is 4.76. The van der Waals surface area contributed by atoms with Gasteiger partial charge in [0.15, 0.2) is 0 Å². The average molecular weight is 228 g/mol. The topological polar surface area (TPSA) is 37.3 Å². The van der Waals surface area contributed by atoms with Gasteiger partial charge >= 0.3 is 5.97 Å². The molecule has 2 heteroatoms. The Morgan fingerprint density at radius 1 is 1.00 bits per heavy atom. The molecule has 1 unspecified atom stereocenters. The van der Waals surface area contributed by atoms with E-state index in [9.17, 15) is 4.79 Å². The lowest BCUT2D eigenvalue weighted by molar-refractivity contribution is -0.137. The molecule has 0 rings (SSSR count). The molecule has 0 aliphatic heterocycles. The molecule has 0 aliphatic carbocycles. The second-order valence-corrected chi connectivity index (χ2v) is 4.76. The molecule has 0 aromatic carbocycles. The maximum absolute atomic E-state index is 10.4. The van der Waals surface area contributed by atoms with E-state index >= 15 is 0 Å². The van der Waals surface area contributed by atoms with Crippen molar-refractivity contribution in [2.45, 2.75) is 78.1 Å². The Balaban J connectivity index is 3.40. The third-order valence-electron chi connectivity index (χ3n) is 3.30. The number of hydrogen-bond donors (Lipinski definition) is 1. The van der Waals surface area contributed by atoms with Crippen LogP contribution in [0.5, 0.6) is 0 Å². The molecule has 0 aromatic rings. The lowest BCUT2D eigenvalue weighted by Crippen LogP contribution is -2.00. The van der Waals surface area contributed by atoms with Crippen LogP contribution in [0.15, 0.2) is 0 Å². The van der Waals surface area contributed by atoms with Crippen LogP contribution in [-0.2, 0) is 4.79 Å². The van der Waals surface area contributed by atoms with E-state index in [-0.39, 0.29) is 0 Å². The van der Waals surface area contributed by atoms with Crippen LogP contribution >= 0.6 is 0 Å². The smallest absolute Gasteiger partial charge is 0.303 e. The number of carboxylic acids is 1. The zero-order valence-electron chi connectivity index (χ0n) is 11.0. The minimum Gasteiger partial charge on any atom is -0.481 e. The molecule has 0 aromatic heterocycles. The van der Waals surface area contributed by atoms with Crippen LogP contribution in [0, 0.1) is 5.92 Å². The number of rotatable bonds is 11. The molecule has 0 spiro atoms. The van der Waals surface area contributed by atoms with Gasteiger partial charge in [-0.3, -0.25) is 4.79 Å². The summed E-state index contributed by atoms with van der Waals surface area (Å²) in [7, 11) is 0. The van der Waals surface area contributed by atoms with Gasteiger partial charge in [0.1, 0.15) is 0 Å². The number of hydrogen-bond acceptors (Lipinski definition) is 1. The first-order valence-electron chi connectivity index (χ1n) is 6.92. The summed E-state index contributed by atoms with van der Waals surface area (Å²) in [6, 6.07) is 0. The Morgan fingerprint density at radius 2 is 1.62 bits per heavy atom. The fourth-order valence-corrected chi connectivity index (χ4v) is 2.12. The molecule has 0 radical (unpaired) electrons. The molecule has 1 atom stereocenters. The predicted octanol–water partition coefficient (Wildman–Crippen LogP) is 4.63. The van der Waals surface area contributed by atoms with Gasteiger partial charge in [0.25, 0.3) is 0 Å². The van der Waals surface area contributed by atoms with Crippen molar-refractivity contribution in [2.75, 3.05) is 0 Å². The molecule has 0 fully saturated rings. The fraction of sp³-hybridized carbons (Fsp3) is 0.929. The first kappa shape index (κ1) is 15.5. The highest BCUT2D eigenvalue weighted by Crippen LogP contribution is 2.20. The molecule has 16 heavy (non-hydrogen) atoms. The lowest BCUT2D eigenvalue weighted by Gasteiger charge is -2.14. The molecular weight excluding hydrogens is 200 g/mol. The number of carboxylic acid groups (broad SMARTS) is 1. The molecule has 0 heterocycles. The maximum Gasteiger partial charge on any atom is 0.303 e. The van der Waals surface area contributed by atoms with Gasteiger partial charge in [-0.25, -0.2) is 0 Å². The Labute approximate surface area is 100 Å². The lowest BCUT2D eigenvalue weighted by atomic mass is 9.92. The van der Waals surface area contributed by atoms with E-state index in [0.717, 1.165) is 18.8 Å². The third-order valence-corrected chi connectivity index (χ3v) is 3.30. The number of aliphatic carboxylic acids is 1. The molecule has 96 valence electrons. The van der Waals surface area contributed by atoms with E-state index in [1.54, 1.807) is 0 Å². The first-order chi connectivity index (χ1) is 7.70. The highest BCUT2D eigenvalue weighted by atomic mass is 16.4. The molecular formula is C14H28O2. The van der Waals surface area contributed by atoms with Crippen molar-refractivity contribution in [3.05, 3.63) is 0 Å². The molecule has 0 amide bonds.